The fourth-order valence-corrected chi connectivity index (χ4v) is 3.92. The van der Waals surface area contributed by atoms with Gasteiger partial charge in [-0.2, -0.15) is 0 Å². The Balaban J connectivity index is 2.24. The van der Waals surface area contributed by atoms with Crippen LogP contribution in [0.15, 0.2) is 18.3 Å². The van der Waals surface area contributed by atoms with Gasteiger partial charge in [0.25, 0.3) is 0 Å². The van der Waals surface area contributed by atoms with Crippen molar-refractivity contribution in [1.82, 2.24) is 10.3 Å². The smallest absolute Gasteiger partial charge is 0.217 e. The molecule has 1 heterocycles. The average Bonchev–Trinajstić information content (AvgIpc) is 2.47. The molecular formula is C18H30N2O. The van der Waals surface area contributed by atoms with Crippen molar-refractivity contribution in [2.75, 3.05) is 13.7 Å². The highest BCUT2D eigenvalue weighted by Crippen LogP contribution is 2.41. The molecule has 1 aliphatic rings. The van der Waals surface area contributed by atoms with Crippen LogP contribution in [0.5, 0.6) is 5.88 Å². The van der Waals surface area contributed by atoms with Crippen LogP contribution in [-0.4, -0.2) is 18.6 Å². The summed E-state index contributed by atoms with van der Waals surface area (Å²) >= 11 is 0. The number of methoxy groups -OCH3 is 1. The number of rotatable bonds is 6. The third-order valence-corrected chi connectivity index (χ3v) is 4.63. The van der Waals surface area contributed by atoms with Gasteiger partial charge in [-0.25, -0.2) is 4.98 Å². The van der Waals surface area contributed by atoms with Crippen molar-refractivity contribution in [3.05, 3.63) is 23.9 Å². The van der Waals surface area contributed by atoms with Crippen molar-refractivity contribution < 1.29 is 4.74 Å². The predicted molar refractivity (Wildman–Crippen MR) is 87.5 cm³/mol. The minimum Gasteiger partial charge on any atom is -0.481 e. The highest BCUT2D eigenvalue weighted by Gasteiger charge is 2.32. The van der Waals surface area contributed by atoms with Gasteiger partial charge in [0, 0.05) is 17.8 Å². The van der Waals surface area contributed by atoms with Gasteiger partial charge in [0.1, 0.15) is 0 Å². The molecule has 0 bridgehead atoms. The van der Waals surface area contributed by atoms with Crippen LogP contribution < -0.4 is 10.1 Å². The molecule has 0 radical (unpaired) electrons. The summed E-state index contributed by atoms with van der Waals surface area (Å²) in [4.78, 5) is 4.40. The summed E-state index contributed by atoms with van der Waals surface area (Å²) in [6, 6.07) is 4.55. The number of hydrogen-bond donors (Lipinski definition) is 1. The predicted octanol–water partition coefficient (Wildman–Crippen LogP) is 4.20. The van der Waals surface area contributed by atoms with E-state index in [9.17, 15) is 0 Å². The third-order valence-electron chi connectivity index (χ3n) is 4.63. The molecular weight excluding hydrogens is 260 g/mol. The molecule has 1 N–H and O–H groups in total. The summed E-state index contributed by atoms with van der Waals surface area (Å²) in [5.41, 5.74) is 1.22. The van der Waals surface area contributed by atoms with Crippen molar-refractivity contribution in [2.24, 2.45) is 17.8 Å². The zero-order valence-corrected chi connectivity index (χ0v) is 13.9. The van der Waals surface area contributed by atoms with Crippen molar-refractivity contribution in [1.29, 1.82) is 0 Å². The fourth-order valence-electron chi connectivity index (χ4n) is 3.92. The van der Waals surface area contributed by atoms with E-state index in [1.54, 1.807) is 7.11 Å². The van der Waals surface area contributed by atoms with Crippen LogP contribution in [0.25, 0.3) is 0 Å². The topological polar surface area (TPSA) is 34.2 Å². The largest absolute Gasteiger partial charge is 0.481 e. The molecule has 3 nitrogen and oxygen atoms in total. The van der Waals surface area contributed by atoms with E-state index in [-0.39, 0.29) is 0 Å². The number of nitrogens with zero attached hydrogens (tertiary/aromatic N) is 1. The van der Waals surface area contributed by atoms with Gasteiger partial charge in [-0.3, -0.25) is 0 Å². The monoisotopic (exact) mass is 290 g/mol. The first-order valence-electron chi connectivity index (χ1n) is 8.38. The van der Waals surface area contributed by atoms with Crippen molar-refractivity contribution in [2.45, 2.75) is 52.5 Å². The summed E-state index contributed by atoms with van der Waals surface area (Å²) in [5.74, 6) is 3.07. The van der Waals surface area contributed by atoms with Crippen molar-refractivity contribution in [3.8, 4) is 5.88 Å². The number of hydrogen-bond acceptors (Lipinski definition) is 3. The summed E-state index contributed by atoms with van der Waals surface area (Å²) < 4.78 is 5.50. The lowest BCUT2D eigenvalue weighted by Gasteiger charge is -2.37. The highest BCUT2D eigenvalue weighted by molar-refractivity contribution is 5.29. The van der Waals surface area contributed by atoms with E-state index in [4.69, 9.17) is 4.74 Å². The molecule has 1 saturated carbocycles. The molecule has 0 amide bonds. The molecule has 0 spiro atoms. The molecule has 21 heavy (non-hydrogen) atoms. The zero-order chi connectivity index (χ0) is 15.2. The van der Waals surface area contributed by atoms with Crippen molar-refractivity contribution in [3.63, 3.8) is 0 Å². The summed E-state index contributed by atoms with van der Waals surface area (Å²) in [6.45, 7) is 8.04. The molecule has 118 valence electrons. The van der Waals surface area contributed by atoms with E-state index in [0.29, 0.717) is 12.0 Å². The first-order chi connectivity index (χ1) is 10.2. The maximum atomic E-state index is 5.50. The van der Waals surface area contributed by atoms with Crippen LogP contribution in [0, 0.1) is 17.8 Å². The van der Waals surface area contributed by atoms with Gasteiger partial charge in [-0.15, -0.1) is 0 Å². The normalized spacial score (nSPS) is 27.3. The number of nitrogens with one attached hydrogen (secondary N) is 1. The minimum atomic E-state index is 0.360. The second kappa shape index (κ2) is 7.79. The Kier molecular flexibility index (Phi) is 6.04. The average molecular weight is 290 g/mol. The van der Waals surface area contributed by atoms with Gasteiger partial charge < -0.3 is 10.1 Å². The third kappa shape index (κ3) is 4.19. The molecule has 1 fully saturated rings. The molecule has 3 heteroatoms. The standard InChI is InChI=1S/C18H30N2O/c1-5-8-19-17(15-11-13(2)10-14(3)12-15)16-7-6-9-20-18(16)21-4/h6-7,9,13-15,17,19H,5,8,10-12H2,1-4H3. The Bertz CT molecular complexity index is 425. The Morgan fingerprint density at radius 3 is 2.62 bits per heavy atom. The lowest BCUT2D eigenvalue weighted by atomic mass is 9.72. The van der Waals surface area contributed by atoms with Crippen molar-refractivity contribution >= 4 is 0 Å². The van der Waals surface area contributed by atoms with E-state index >= 15 is 0 Å². The second-order valence-electron chi connectivity index (χ2n) is 6.71. The maximum absolute atomic E-state index is 5.50. The molecule has 1 aromatic rings. The summed E-state index contributed by atoms with van der Waals surface area (Å²) in [5, 5.41) is 3.75. The van der Waals surface area contributed by atoms with E-state index in [2.05, 4.69) is 37.1 Å². The first-order valence-corrected chi connectivity index (χ1v) is 8.38. The first kappa shape index (κ1) is 16.3. The molecule has 1 aromatic heterocycles. The lowest BCUT2D eigenvalue weighted by molar-refractivity contribution is 0.174. The number of aromatic nitrogens is 1. The minimum absolute atomic E-state index is 0.360. The van der Waals surface area contributed by atoms with E-state index < -0.39 is 0 Å². The van der Waals surface area contributed by atoms with Crippen LogP contribution in [-0.2, 0) is 0 Å². The molecule has 1 aliphatic carbocycles. The maximum Gasteiger partial charge on any atom is 0.217 e. The summed E-state index contributed by atoms with van der Waals surface area (Å²) in [7, 11) is 1.72. The Hall–Kier alpha value is -1.09. The number of ether oxygens (including phenoxy) is 1. The van der Waals surface area contributed by atoms with Gasteiger partial charge in [-0.1, -0.05) is 26.8 Å². The van der Waals surface area contributed by atoms with Gasteiger partial charge in [0.15, 0.2) is 0 Å². The van der Waals surface area contributed by atoms with Gasteiger partial charge in [-0.05, 0) is 56.0 Å². The van der Waals surface area contributed by atoms with Crippen LogP contribution in [0.1, 0.15) is 58.1 Å². The molecule has 0 saturated heterocycles. The van der Waals surface area contributed by atoms with Crippen LogP contribution in [0.2, 0.25) is 0 Å². The quantitative estimate of drug-likeness (QED) is 0.852. The Morgan fingerprint density at radius 2 is 2.00 bits per heavy atom. The molecule has 2 rings (SSSR count). The van der Waals surface area contributed by atoms with E-state index in [1.165, 1.54) is 24.8 Å². The molecule has 3 unspecified atom stereocenters. The van der Waals surface area contributed by atoms with Gasteiger partial charge in [0.05, 0.1) is 7.11 Å². The SMILES string of the molecule is CCCNC(c1cccnc1OC)C1CC(C)CC(C)C1. The van der Waals surface area contributed by atoms with Crippen LogP contribution >= 0.6 is 0 Å². The fraction of sp³-hybridized carbons (Fsp3) is 0.722. The molecule has 0 aromatic carbocycles. The van der Waals surface area contributed by atoms with E-state index in [0.717, 1.165) is 30.7 Å². The molecule has 3 atom stereocenters. The second-order valence-corrected chi connectivity index (χ2v) is 6.71. The molecule has 0 aliphatic heterocycles. The number of pyridine rings is 1. The van der Waals surface area contributed by atoms with E-state index in [1.807, 2.05) is 12.3 Å². The van der Waals surface area contributed by atoms with Gasteiger partial charge >= 0.3 is 0 Å². The Morgan fingerprint density at radius 1 is 1.29 bits per heavy atom. The summed E-state index contributed by atoms with van der Waals surface area (Å²) in [6.07, 6.45) is 6.91. The highest BCUT2D eigenvalue weighted by atomic mass is 16.5. The van der Waals surface area contributed by atoms with Gasteiger partial charge in [0.2, 0.25) is 5.88 Å². The zero-order valence-electron chi connectivity index (χ0n) is 13.9. The Labute approximate surface area is 129 Å². The van der Waals surface area contributed by atoms with Crippen LogP contribution in [0.3, 0.4) is 0 Å². The lowest BCUT2D eigenvalue weighted by Crippen LogP contribution is -2.34. The van der Waals surface area contributed by atoms with Crippen LogP contribution in [0.4, 0.5) is 0 Å².